The minimum absolute atomic E-state index is 0.248. The van der Waals surface area contributed by atoms with E-state index in [-0.39, 0.29) is 18.7 Å². The van der Waals surface area contributed by atoms with Crippen LogP contribution in [0.4, 0.5) is 0 Å². The maximum absolute atomic E-state index is 12.0. The zero-order chi connectivity index (χ0) is 16.8. The van der Waals surface area contributed by atoms with Crippen LogP contribution in [0, 0.1) is 6.92 Å². The number of ether oxygens (including phenoxy) is 1. The maximum atomic E-state index is 12.0. The Bertz CT molecular complexity index is 693. The SMILES string of the molecule is COCCC(NC(=O)CCc1c[nH]c2c(C)cccc12)C(=O)O. The lowest BCUT2D eigenvalue weighted by atomic mass is 10.1. The van der Waals surface area contributed by atoms with Crippen molar-refractivity contribution in [3.63, 3.8) is 0 Å². The number of aromatic nitrogens is 1. The number of hydrogen-bond donors (Lipinski definition) is 3. The van der Waals surface area contributed by atoms with E-state index >= 15 is 0 Å². The van der Waals surface area contributed by atoms with Gasteiger partial charge < -0.3 is 20.1 Å². The highest BCUT2D eigenvalue weighted by Gasteiger charge is 2.19. The number of carboxylic acid groups (broad SMARTS) is 1. The second-order valence-corrected chi connectivity index (χ2v) is 5.55. The molecule has 0 saturated heterocycles. The number of carbonyl (C=O) groups excluding carboxylic acids is 1. The molecular weight excluding hydrogens is 296 g/mol. The van der Waals surface area contributed by atoms with Gasteiger partial charge in [0.05, 0.1) is 0 Å². The Hall–Kier alpha value is -2.34. The van der Waals surface area contributed by atoms with Gasteiger partial charge in [-0.15, -0.1) is 0 Å². The van der Waals surface area contributed by atoms with Crippen LogP contribution in [-0.2, 0) is 20.7 Å². The summed E-state index contributed by atoms with van der Waals surface area (Å²) in [5, 5.41) is 12.7. The first-order valence-electron chi connectivity index (χ1n) is 7.59. The van der Waals surface area contributed by atoms with E-state index < -0.39 is 12.0 Å². The van der Waals surface area contributed by atoms with Crippen molar-refractivity contribution >= 4 is 22.8 Å². The average Bonchev–Trinajstić information content (AvgIpc) is 2.93. The highest BCUT2D eigenvalue weighted by Crippen LogP contribution is 2.22. The summed E-state index contributed by atoms with van der Waals surface area (Å²) in [7, 11) is 1.50. The first kappa shape index (κ1) is 17.0. The molecule has 1 unspecified atom stereocenters. The number of H-pyrrole nitrogens is 1. The van der Waals surface area contributed by atoms with E-state index in [1.807, 2.05) is 31.3 Å². The highest BCUT2D eigenvalue weighted by atomic mass is 16.5. The summed E-state index contributed by atoms with van der Waals surface area (Å²) in [4.78, 5) is 26.3. The molecule has 1 aromatic heterocycles. The van der Waals surface area contributed by atoms with Crippen molar-refractivity contribution in [3.05, 3.63) is 35.5 Å². The number of aliphatic carboxylic acids is 1. The molecule has 6 nitrogen and oxygen atoms in total. The molecule has 0 radical (unpaired) electrons. The standard InChI is InChI=1S/C17H22N2O4/c1-11-4-3-5-13-12(10-18-16(11)13)6-7-15(20)19-14(17(21)22)8-9-23-2/h3-5,10,14,18H,6-9H2,1-2H3,(H,19,20)(H,21,22). The van der Waals surface area contributed by atoms with Crippen molar-refractivity contribution < 1.29 is 19.4 Å². The number of aromatic amines is 1. The molecule has 1 atom stereocenters. The number of carboxylic acids is 1. The molecule has 2 rings (SSSR count). The van der Waals surface area contributed by atoms with Gasteiger partial charge in [0.15, 0.2) is 0 Å². The molecule has 1 heterocycles. The van der Waals surface area contributed by atoms with Crippen LogP contribution in [0.3, 0.4) is 0 Å². The lowest BCUT2D eigenvalue weighted by molar-refractivity contribution is -0.142. The van der Waals surface area contributed by atoms with Crippen LogP contribution in [0.25, 0.3) is 10.9 Å². The zero-order valence-corrected chi connectivity index (χ0v) is 13.4. The summed E-state index contributed by atoms with van der Waals surface area (Å²) >= 11 is 0. The molecule has 1 aromatic carbocycles. The number of methoxy groups -OCH3 is 1. The first-order chi connectivity index (χ1) is 11.0. The quantitative estimate of drug-likeness (QED) is 0.694. The summed E-state index contributed by atoms with van der Waals surface area (Å²) in [6.45, 7) is 2.32. The van der Waals surface area contributed by atoms with Gasteiger partial charge in [-0.05, 0) is 24.5 Å². The van der Waals surface area contributed by atoms with Crippen molar-refractivity contribution in [3.8, 4) is 0 Å². The van der Waals surface area contributed by atoms with Crippen molar-refractivity contribution in [2.45, 2.75) is 32.2 Å². The smallest absolute Gasteiger partial charge is 0.326 e. The van der Waals surface area contributed by atoms with E-state index in [1.54, 1.807) is 0 Å². The molecule has 0 aliphatic rings. The van der Waals surface area contributed by atoms with Crippen LogP contribution >= 0.6 is 0 Å². The monoisotopic (exact) mass is 318 g/mol. The second-order valence-electron chi connectivity index (χ2n) is 5.55. The van der Waals surface area contributed by atoms with Gasteiger partial charge in [-0.1, -0.05) is 18.2 Å². The summed E-state index contributed by atoms with van der Waals surface area (Å²) < 4.78 is 4.86. The third-order valence-electron chi connectivity index (χ3n) is 3.87. The minimum Gasteiger partial charge on any atom is -0.480 e. The third kappa shape index (κ3) is 4.32. The number of carbonyl (C=O) groups is 2. The Balaban J connectivity index is 1.95. The van der Waals surface area contributed by atoms with Gasteiger partial charge in [0.2, 0.25) is 5.91 Å². The molecule has 2 aromatic rings. The van der Waals surface area contributed by atoms with Gasteiger partial charge >= 0.3 is 5.97 Å². The zero-order valence-electron chi connectivity index (χ0n) is 13.4. The number of nitrogens with one attached hydrogen (secondary N) is 2. The van der Waals surface area contributed by atoms with Gasteiger partial charge in [-0.25, -0.2) is 4.79 Å². The first-order valence-corrected chi connectivity index (χ1v) is 7.59. The molecule has 0 saturated carbocycles. The van der Waals surface area contributed by atoms with Crippen LogP contribution in [0.5, 0.6) is 0 Å². The van der Waals surface area contributed by atoms with E-state index in [9.17, 15) is 9.59 Å². The fourth-order valence-corrected chi connectivity index (χ4v) is 2.58. The van der Waals surface area contributed by atoms with Crippen LogP contribution in [0.2, 0.25) is 0 Å². The molecule has 124 valence electrons. The molecule has 23 heavy (non-hydrogen) atoms. The Morgan fingerprint density at radius 2 is 2.17 bits per heavy atom. The molecular formula is C17H22N2O4. The average molecular weight is 318 g/mol. The predicted octanol–water partition coefficient (Wildman–Crippen LogP) is 2.01. The fourth-order valence-electron chi connectivity index (χ4n) is 2.58. The van der Waals surface area contributed by atoms with Crippen LogP contribution in [-0.4, -0.2) is 41.7 Å². The summed E-state index contributed by atoms with van der Waals surface area (Å²) in [6.07, 6.45) is 2.97. The van der Waals surface area contributed by atoms with Crippen LogP contribution < -0.4 is 5.32 Å². The fraction of sp³-hybridized carbons (Fsp3) is 0.412. The lowest BCUT2D eigenvalue weighted by Crippen LogP contribution is -2.41. The molecule has 0 aliphatic heterocycles. The van der Waals surface area contributed by atoms with Gasteiger partial charge in [0.1, 0.15) is 6.04 Å². The molecule has 0 aliphatic carbocycles. The molecule has 6 heteroatoms. The number of benzene rings is 1. The molecule has 0 spiro atoms. The molecule has 1 amide bonds. The molecule has 0 bridgehead atoms. The third-order valence-corrected chi connectivity index (χ3v) is 3.87. The molecule has 3 N–H and O–H groups in total. The highest BCUT2D eigenvalue weighted by molar-refractivity contribution is 5.87. The van der Waals surface area contributed by atoms with E-state index in [1.165, 1.54) is 7.11 Å². The van der Waals surface area contributed by atoms with Crippen LogP contribution in [0.15, 0.2) is 24.4 Å². The lowest BCUT2D eigenvalue weighted by Gasteiger charge is -2.13. The van der Waals surface area contributed by atoms with Crippen LogP contribution in [0.1, 0.15) is 24.0 Å². The Labute approximate surface area is 134 Å². The number of aryl methyl sites for hydroxylation is 2. The van der Waals surface area contributed by atoms with Crippen molar-refractivity contribution in [2.75, 3.05) is 13.7 Å². The summed E-state index contributed by atoms with van der Waals surface area (Å²) in [5.41, 5.74) is 3.29. The Morgan fingerprint density at radius 3 is 2.87 bits per heavy atom. The van der Waals surface area contributed by atoms with Gasteiger partial charge in [-0.3, -0.25) is 4.79 Å². The minimum atomic E-state index is -1.04. The summed E-state index contributed by atoms with van der Waals surface area (Å²) in [5.74, 6) is -1.31. The van der Waals surface area contributed by atoms with Gasteiger partial charge in [0.25, 0.3) is 0 Å². The number of hydrogen-bond acceptors (Lipinski definition) is 3. The topological polar surface area (TPSA) is 91.4 Å². The Kier molecular flexibility index (Phi) is 5.76. The van der Waals surface area contributed by atoms with Crippen molar-refractivity contribution in [1.82, 2.24) is 10.3 Å². The maximum Gasteiger partial charge on any atom is 0.326 e. The normalized spacial score (nSPS) is 12.3. The number of fused-ring (bicyclic) bond motifs is 1. The van der Waals surface area contributed by atoms with E-state index in [0.717, 1.165) is 22.0 Å². The van der Waals surface area contributed by atoms with Crippen molar-refractivity contribution in [2.24, 2.45) is 0 Å². The number of rotatable bonds is 8. The van der Waals surface area contributed by atoms with E-state index in [0.29, 0.717) is 13.0 Å². The van der Waals surface area contributed by atoms with Gasteiger partial charge in [-0.2, -0.15) is 0 Å². The number of amides is 1. The second kappa shape index (κ2) is 7.78. The predicted molar refractivity (Wildman–Crippen MR) is 87.4 cm³/mol. The van der Waals surface area contributed by atoms with Crippen molar-refractivity contribution in [1.29, 1.82) is 0 Å². The molecule has 0 fully saturated rings. The van der Waals surface area contributed by atoms with Gasteiger partial charge in [0, 0.05) is 43.7 Å². The Morgan fingerprint density at radius 1 is 1.39 bits per heavy atom. The van der Waals surface area contributed by atoms with E-state index in [2.05, 4.69) is 10.3 Å². The number of para-hydroxylation sites is 1. The summed E-state index contributed by atoms with van der Waals surface area (Å²) in [6, 6.07) is 5.13. The van der Waals surface area contributed by atoms with E-state index in [4.69, 9.17) is 9.84 Å². The largest absolute Gasteiger partial charge is 0.480 e.